The Kier molecular flexibility index (Phi) is 2.63. The van der Waals surface area contributed by atoms with Gasteiger partial charge in [-0.3, -0.25) is 4.79 Å². The number of hydrogen-bond donors (Lipinski definition) is 1. The summed E-state index contributed by atoms with van der Waals surface area (Å²) in [6.45, 7) is 2.03. The highest BCUT2D eigenvalue weighted by molar-refractivity contribution is 7.94. The number of fused-ring (bicyclic) bond motifs is 1. The highest BCUT2D eigenvalue weighted by Crippen LogP contribution is 2.28. The quantitative estimate of drug-likeness (QED) is 0.776. The van der Waals surface area contributed by atoms with Gasteiger partial charge in [0.2, 0.25) is 5.91 Å². The van der Waals surface area contributed by atoms with Crippen molar-refractivity contribution in [2.75, 3.05) is 11.1 Å². The minimum absolute atomic E-state index is 0.0558. The van der Waals surface area contributed by atoms with Gasteiger partial charge in [-0.2, -0.15) is 0 Å². The van der Waals surface area contributed by atoms with Gasteiger partial charge >= 0.3 is 0 Å². The molecule has 3 nitrogen and oxygen atoms in total. The number of benzene rings is 1. The first-order chi connectivity index (χ1) is 6.79. The second kappa shape index (κ2) is 3.92. The second-order valence-electron chi connectivity index (χ2n) is 3.03. The number of carbonyl (C=O) groups excluding carboxylic acids is 1. The molecular weight excluding hydrogens is 198 g/mol. The van der Waals surface area contributed by atoms with E-state index >= 15 is 0 Å². The van der Waals surface area contributed by atoms with Crippen molar-refractivity contribution in [1.82, 2.24) is 0 Å². The minimum Gasteiger partial charge on any atom is -0.426 e. The summed E-state index contributed by atoms with van der Waals surface area (Å²) >= 11 is 1.40. The molecule has 0 spiro atoms. The van der Waals surface area contributed by atoms with Crippen LogP contribution in [0.5, 0.6) is 5.75 Å². The van der Waals surface area contributed by atoms with Crippen molar-refractivity contribution in [3.05, 3.63) is 23.8 Å². The summed E-state index contributed by atoms with van der Waals surface area (Å²) in [6.07, 6.45) is 0.462. The van der Waals surface area contributed by atoms with E-state index < -0.39 is 0 Å². The first-order valence-electron chi connectivity index (χ1n) is 4.52. The lowest BCUT2D eigenvalue weighted by molar-refractivity contribution is -0.115. The molecule has 2 rings (SSSR count). The second-order valence-corrected chi connectivity index (χ2v) is 4.01. The molecule has 0 unspecified atom stereocenters. The van der Waals surface area contributed by atoms with Crippen molar-refractivity contribution in [1.29, 1.82) is 0 Å². The van der Waals surface area contributed by atoms with E-state index in [-0.39, 0.29) is 5.91 Å². The van der Waals surface area contributed by atoms with E-state index in [4.69, 9.17) is 4.18 Å². The van der Waals surface area contributed by atoms with Crippen molar-refractivity contribution in [2.45, 2.75) is 13.3 Å². The Balaban J connectivity index is 2.16. The third-order valence-corrected chi connectivity index (χ3v) is 2.52. The van der Waals surface area contributed by atoms with Gasteiger partial charge in [0.05, 0.1) is 18.5 Å². The maximum absolute atomic E-state index is 11.1. The van der Waals surface area contributed by atoms with Crippen molar-refractivity contribution in [3.8, 4) is 5.75 Å². The van der Waals surface area contributed by atoms with Gasteiger partial charge in [0.25, 0.3) is 0 Å². The summed E-state index contributed by atoms with van der Waals surface area (Å²) in [5.74, 6) is 1.78. The van der Waals surface area contributed by atoms with Crippen LogP contribution in [0.1, 0.15) is 12.5 Å². The number of carbonyl (C=O) groups is 1. The molecule has 74 valence electrons. The average Bonchev–Trinajstić information content (AvgIpc) is 2.54. The molecule has 1 aliphatic rings. The zero-order valence-electron chi connectivity index (χ0n) is 7.87. The molecule has 1 aromatic rings. The Morgan fingerprint density at radius 2 is 2.43 bits per heavy atom. The van der Waals surface area contributed by atoms with Crippen LogP contribution in [0, 0.1) is 0 Å². The summed E-state index contributed by atoms with van der Waals surface area (Å²) in [5.41, 5.74) is 1.92. The van der Waals surface area contributed by atoms with E-state index in [0.29, 0.717) is 6.42 Å². The molecule has 1 aliphatic heterocycles. The van der Waals surface area contributed by atoms with Crippen molar-refractivity contribution in [3.63, 3.8) is 0 Å². The van der Waals surface area contributed by atoms with Crippen LogP contribution >= 0.6 is 12.0 Å². The van der Waals surface area contributed by atoms with E-state index in [2.05, 4.69) is 5.32 Å². The van der Waals surface area contributed by atoms with Crippen LogP contribution in [0.25, 0.3) is 0 Å². The fraction of sp³-hybridized carbons (Fsp3) is 0.300. The fourth-order valence-electron chi connectivity index (χ4n) is 1.38. The normalized spacial score (nSPS) is 13.6. The standard InChI is InChI=1S/C10H11NO2S/c1-2-14-13-8-3-4-9-7(5-8)6-10(12)11-9/h3-5H,2,6H2,1H3,(H,11,12). The summed E-state index contributed by atoms with van der Waals surface area (Å²) in [4.78, 5) is 11.1. The van der Waals surface area contributed by atoms with Crippen LogP contribution < -0.4 is 9.50 Å². The zero-order chi connectivity index (χ0) is 9.97. The zero-order valence-corrected chi connectivity index (χ0v) is 8.69. The molecule has 0 aromatic heterocycles. The lowest BCUT2D eigenvalue weighted by Crippen LogP contribution is -2.03. The molecule has 1 amide bonds. The Bertz CT molecular complexity index is 365. The van der Waals surface area contributed by atoms with E-state index in [1.54, 1.807) is 0 Å². The highest BCUT2D eigenvalue weighted by atomic mass is 32.2. The Morgan fingerprint density at radius 3 is 3.21 bits per heavy atom. The smallest absolute Gasteiger partial charge is 0.228 e. The van der Waals surface area contributed by atoms with Gasteiger partial charge < -0.3 is 9.50 Å². The molecule has 0 aliphatic carbocycles. The van der Waals surface area contributed by atoms with Gasteiger partial charge in [0.15, 0.2) is 0 Å². The molecule has 1 aromatic carbocycles. The van der Waals surface area contributed by atoms with E-state index in [9.17, 15) is 4.79 Å². The maximum atomic E-state index is 11.1. The van der Waals surface area contributed by atoms with Crippen LogP contribution in [0.3, 0.4) is 0 Å². The van der Waals surface area contributed by atoms with Crippen LogP contribution in [-0.4, -0.2) is 11.7 Å². The molecule has 1 heterocycles. The summed E-state index contributed by atoms with van der Waals surface area (Å²) in [6, 6.07) is 5.66. The van der Waals surface area contributed by atoms with Gasteiger partial charge in [-0.15, -0.1) is 0 Å². The molecule has 0 atom stereocenters. The lowest BCUT2D eigenvalue weighted by Gasteiger charge is -2.03. The van der Waals surface area contributed by atoms with Gasteiger partial charge in [-0.05, 0) is 23.8 Å². The first-order valence-corrected chi connectivity index (χ1v) is 5.43. The molecule has 1 N–H and O–H groups in total. The topological polar surface area (TPSA) is 38.3 Å². The first kappa shape index (κ1) is 9.40. The number of amides is 1. The SMILES string of the molecule is CCSOc1ccc2c(c1)CC(=O)N2. The third kappa shape index (κ3) is 1.85. The van der Waals surface area contributed by atoms with Crippen molar-refractivity contribution in [2.24, 2.45) is 0 Å². The minimum atomic E-state index is 0.0558. The van der Waals surface area contributed by atoms with E-state index in [1.165, 1.54) is 12.0 Å². The highest BCUT2D eigenvalue weighted by Gasteiger charge is 2.17. The van der Waals surface area contributed by atoms with Crippen LogP contribution in [0.4, 0.5) is 5.69 Å². The fourth-order valence-corrected chi connectivity index (χ4v) is 1.74. The van der Waals surface area contributed by atoms with Gasteiger partial charge in [0.1, 0.15) is 5.75 Å². The molecule has 14 heavy (non-hydrogen) atoms. The molecule has 0 bridgehead atoms. The number of anilines is 1. The van der Waals surface area contributed by atoms with Crippen molar-refractivity contribution >= 4 is 23.6 Å². The lowest BCUT2D eigenvalue weighted by atomic mass is 10.1. The third-order valence-electron chi connectivity index (χ3n) is 1.97. The van der Waals surface area contributed by atoms with Gasteiger partial charge in [-0.25, -0.2) is 0 Å². The van der Waals surface area contributed by atoms with Gasteiger partial charge in [0, 0.05) is 11.4 Å². The number of nitrogens with one attached hydrogen (secondary N) is 1. The molecule has 0 saturated heterocycles. The van der Waals surface area contributed by atoms with Crippen LogP contribution in [0.2, 0.25) is 0 Å². The molecule has 0 radical (unpaired) electrons. The molecule has 0 saturated carbocycles. The summed E-state index contributed by atoms with van der Waals surface area (Å²) in [7, 11) is 0. The predicted octanol–water partition coefficient (Wildman–Crippen LogP) is 2.23. The van der Waals surface area contributed by atoms with Crippen molar-refractivity contribution < 1.29 is 8.98 Å². The largest absolute Gasteiger partial charge is 0.426 e. The number of rotatable bonds is 3. The average molecular weight is 209 g/mol. The van der Waals surface area contributed by atoms with Crippen LogP contribution in [-0.2, 0) is 11.2 Å². The maximum Gasteiger partial charge on any atom is 0.228 e. The van der Waals surface area contributed by atoms with Gasteiger partial charge in [-0.1, -0.05) is 6.92 Å². The van der Waals surface area contributed by atoms with E-state index in [0.717, 1.165) is 22.8 Å². The summed E-state index contributed by atoms with van der Waals surface area (Å²) in [5, 5.41) is 2.78. The van der Waals surface area contributed by atoms with Crippen LogP contribution in [0.15, 0.2) is 18.2 Å². The Morgan fingerprint density at radius 1 is 1.57 bits per heavy atom. The number of hydrogen-bond acceptors (Lipinski definition) is 3. The molecular formula is C10H11NO2S. The Labute approximate surface area is 87.0 Å². The van der Waals surface area contributed by atoms with E-state index in [1.807, 2.05) is 25.1 Å². The monoisotopic (exact) mass is 209 g/mol. The molecule has 0 fully saturated rings. The molecule has 4 heteroatoms. The Hall–Kier alpha value is -1.16. The summed E-state index contributed by atoms with van der Waals surface area (Å²) < 4.78 is 5.39. The predicted molar refractivity (Wildman–Crippen MR) is 57.5 cm³/mol.